The third-order valence-corrected chi connectivity index (χ3v) is 2.21. The van der Waals surface area contributed by atoms with Gasteiger partial charge in [0.25, 0.3) is 0 Å². The fourth-order valence-corrected chi connectivity index (χ4v) is 1.02. The molecule has 11 heavy (non-hydrogen) atoms. The molecule has 0 spiro atoms. The van der Waals surface area contributed by atoms with Crippen molar-refractivity contribution in [1.29, 1.82) is 0 Å². The molecule has 2 heteroatoms. The quantitative estimate of drug-likeness (QED) is 0.566. The number of hydrogen-bond acceptors (Lipinski definition) is 2. The Morgan fingerprint density at radius 1 is 1.36 bits per heavy atom. The van der Waals surface area contributed by atoms with E-state index in [1.807, 2.05) is 0 Å². The fraction of sp³-hybridized carbons (Fsp3) is 0.889. The lowest BCUT2D eigenvalue weighted by Crippen LogP contribution is -2.34. The lowest BCUT2D eigenvalue weighted by atomic mass is 10.1. The second-order valence-corrected chi connectivity index (χ2v) is 3.35. The second-order valence-electron chi connectivity index (χ2n) is 3.35. The van der Waals surface area contributed by atoms with Gasteiger partial charge in [0.1, 0.15) is 6.29 Å². The Kier molecular flexibility index (Phi) is 5.12. The molecule has 2 nitrogen and oxygen atoms in total. The minimum absolute atomic E-state index is 0.514. The average molecular weight is 157 g/mol. The van der Waals surface area contributed by atoms with Crippen LogP contribution in [0, 0.1) is 0 Å². The molecule has 0 amide bonds. The predicted octanol–water partition coefficient (Wildman–Crippen LogP) is 1.69. The van der Waals surface area contributed by atoms with Crippen molar-refractivity contribution in [3.63, 3.8) is 0 Å². The van der Waals surface area contributed by atoms with E-state index in [-0.39, 0.29) is 0 Å². The van der Waals surface area contributed by atoms with Gasteiger partial charge in [-0.25, -0.2) is 0 Å². The molecule has 0 heterocycles. The average Bonchev–Trinajstić information content (AvgIpc) is 1.98. The smallest absolute Gasteiger partial charge is 0.120 e. The van der Waals surface area contributed by atoms with Crippen LogP contribution in [0.2, 0.25) is 0 Å². The molecule has 66 valence electrons. The summed E-state index contributed by atoms with van der Waals surface area (Å²) in [5.74, 6) is 0. The first-order valence-electron chi connectivity index (χ1n) is 4.25. The van der Waals surface area contributed by atoms with Crippen molar-refractivity contribution < 1.29 is 4.79 Å². The van der Waals surface area contributed by atoms with E-state index in [0.29, 0.717) is 18.5 Å². The molecule has 0 aromatic rings. The van der Waals surface area contributed by atoms with Gasteiger partial charge >= 0.3 is 0 Å². The maximum atomic E-state index is 10.1. The maximum absolute atomic E-state index is 10.1. The normalized spacial score (nSPS) is 14.0. The summed E-state index contributed by atoms with van der Waals surface area (Å²) in [6.07, 6.45) is 2.64. The number of nitrogens with zero attached hydrogens (tertiary/aromatic N) is 1. The van der Waals surface area contributed by atoms with Crippen LogP contribution in [0.5, 0.6) is 0 Å². The minimum Gasteiger partial charge on any atom is -0.303 e. The van der Waals surface area contributed by atoms with Gasteiger partial charge in [0.2, 0.25) is 0 Å². The lowest BCUT2D eigenvalue weighted by molar-refractivity contribution is -0.108. The lowest BCUT2D eigenvalue weighted by Gasteiger charge is -2.27. The zero-order chi connectivity index (χ0) is 8.85. The Morgan fingerprint density at radius 2 is 1.91 bits per heavy atom. The Balaban J connectivity index is 3.63. The van der Waals surface area contributed by atoms with Crippen molar-refractivity contribution >= 4 is 6.29 Å². The highest BCUT2D eigenvalue weighted by atomic mass is 16.1. The molecule has 0 aromatic carbocycles. The Morgan fingerprint density at radius 3 is 2.27 bits per heavy atom. The Hall–Kier alpha value is -0.370. The van der Waals surface area contributed by atoms with Gasteiger partial charge < -0.3 is 9.69 Å². The number of hydrogen-bond donors (Lipinski definition) is 0. The van der Waals surface area contributed by atoms with Crippen LogP contribution in [0.25, 0.3) is 0 Å². The van der Waals surface area contributed by atoms with Crippen molar-refractivity contribution in [3.05, 3.63) is 0 Å². The van der Waals surface area contributed by atoms with Crippen molar-refractivity contribution in [1.82, 2.24) is 4.90 Å². The molecule has 0 aliphatic heterocycles. The molecule has 0 aromatic heterocycles. The Bertz CT molecular complexity index is 112. The van der Waals surface area contributed by atoms with E-state index in [9.17, 15) is 4.79 Å². The van der Waals surface area contributed by atoms with Crippen molar-refractivity contribution in [2.45, 2.75) is 45.7 Å². The van der Waals surface area contributed by atoms with E-state index in [1.165, 1.54) is 0 Å². The van der Waals surface area contributed by atoms with E-state index in [2.05, 4.69) is 32.7 Å². The monoisotopic (exact) mass is 157 g/mol. The molecule has 0 bridgehead atoms. The molecule has 0 rings (SSSR count). The third-order valence-electron chi connectivity index (χ3n) is 2.21. The van der Waals surface area contributed by atoms with Crippen LogP contribution in [-0.2, 0) is 4.79 Å². The van der Waals surface area contributed by atoms with Gasteiger partial charge in [-0.15, -0.1) is 0 Å². The van der Waals surface area contributed by atoms with Crippen molar-refractivity contribution in [2.24, 2.45) is 0 Å². The zero-order valence-electron chi connectivity index (χ0n) is 8.00. The number of aldehydes is 1. The van der Waals surface area contributed by atoms with Crippen LogP contribution in [0.1, 0.15) is 33.6 Å². The molecule has 1 atom stereocenters. The van der Waals surface area contributed by atoms with E-state index < -0.39 is 0 Å². The minimum atomic E-state index is 0.514. The molecule has 1 unspecified atom stereocenters. The summed E-state index contributed by atoms with van der Waals surface area (Å²) < 4.78 is 0. The zero-order valence-corrected chi connectivity index (χ0v) is 8.00. The Labute approximate surface area is 69.6 Å². The first-order chi connectivity index (χ1) is 5.09. The summed E-state index contributed by atoms with van der Waals surface area (Å²) in [5, 5.41) is 0. The van der Waals surface area contributed by atoms with Gasteiger partial charge in [-0.3, -0.25) is 0 Å². The van der Waals surface area contributed by atoms with Crippen LogP contribution in [0.3, 0.4) is 0 Å². The van der Waals surface area contributed by atoms with E-state index in [4.69, 9.17) is 0 Å². The number of carbonyl (C=O) groups is 1. The molecule has 0 radical (unpaired) electrons. The van der Waals surface area contributed by atoms with Gasteiger partial charge in [-0.2, -0.15) is 0 Å². The van der Waals surface area contributed by atoms with Gasteiger partial charge in [0, 0.05) is 18.5 Å². The molecule has 0 saturated carbocycles. The standard InChI is InChI=1S/C9H19NO/c1-8(2)10(4)9(3)6-5-7-11/h7-9H,5-6H2,1-4H3. The molecular formula is C9H19NO. The van der Waals surface area contributed by atoms with Crippen molar-refractivity contribution in [3.8, 4) is 0 Å². The first-order valence-corrected chi connectivity index (χ1v) is 4.25. The summed E-state index contributed by atoms with van der Waals surface area (Å²) in [5.41, 5.74) is 0. The van der Waals surface area contributed by atoms with Crippen LogP contribution < -0.4 is 0 Å². The SMILES string of the molecule is CC(C)N(C)C(C)CCC=O. The number of carbonyl (C=O) groups excluding carboxylic acids is 1. The highest BCUT2D eigenvalue weighted by Crippen LogP contribution is 2.06. The molecule has 0 saturated heterocycles. The van der Waals surface area contributed by atoms with Crippen molar-refractivity contribution in [2.75, 3.05) is 7.05 Å². The molecule has 0 aliphatic carbocycles. The van der Waals surface area contributed by atoms with Gasteiger partial charge in [0.05, 0.1) is 0 Å². The molecule has 0 fully saturated rings. The van der Waals surface area contributed by atoms with Crippen LogP contribution in [0.4, 0.5) is 0 Å². The summed E-state index contributed by atoms with van der Waals surface area (Å²) in [6, 6.07) is 1.08. The van der Waals surface area contributed by atoms with E-state index in [1.54, 1.807) is 0 Å². The summed E-state index contributed by atoms with van der Waals surface area (Å²) in [7, 11) is 2.10. The summed E-state index contributed by atoms with van der Waals surface area (Å²) in [6.45, 7) is 6.48. The predicted molar refractivity (Wildman–Crippen MR) is 47.7 cm³/mol. The highest BCUT2D eigenvalue weighted by molar-refractivity contribution is 5.49. The summed E-state index contributed by atoms with van der Waals surface area (Å²) >= 11 is 0. The topological polar surface area (TPSA) is 20.3 Å². The third kappa shape index (κ3) is 4.14. The van der Waals surface area contributed by atoms with Gasteiger partial charge in [-0.05, 0) is 34.2 Å². The first kappa shape index (κ1) is 10.6. The molecule has 0 aliphatic rings. The summed E-state index contributed by atoms with van der Waals surface area (Å²) in [4.78, 5) is 12.4. The van der Waals surface area contributed by atoms with Crippen LogP contribution in [0.15, 0.2) is 0 Å². The maximum Gasteiger partial charge on any atom is 0.120 e. The van der Waals surface area contributed by atoms with Crippen LogP contribution >= 0.6 is 0 Å². The molecule has 0 N–H and O–H groups in total. The highest BCUT2D eigenvalue weighted by Gasteiger charge is 2.10. The van der Waals surface area contributed by atoms with E-state index in [0.717, 1.165) is 12.7 Å². The second kappa shape index (κ2) is 5.30. The fourth-order valence-electron chi connectivity index (χ4n) is 1.02. The van der Waals surface area contributed by atoms with Gasteiger partial charge in [0.15, 0.2) is 0 Å². The number of rotatable bonds is 5. The van der Waals surface area contributed by atoms with E-state index >= 15 is 0 Å². The largest absolute Gasteiger partial charge is 0.303 e. The molecular weight excluding hydrogens is 138 g/mol. The van der Waals surface area contributed by atoms with Crippen LogP contribution in [-0.4, -0.2) is 30.3 Å². The van der Waals surface area contributed by atoms with Gasteiger partial charge in [-0.1, -0.05) is 0 Å².